The minimum absolute atomic E-state index is 0.229. The maximum absolute atomic E-state index is 5.57. The Morgan fingerprint density at radius 2 is 1.77 bits per heavy atom. The van der Waals surface area contributed by atoms with Gasteiger partial charge in [-0.3, -0.25) is 0 Å². The molecule has 0 radical (unpaired) electrons. The van der Waals surface area contributed by atoms with Crippen LogP contribution in [-0.2, 0) is 0 Å². The quantitative estimate of drug-likeness (QED) is 0.494. The molecular formula is C12H23N. The predicted molar refractivity (Wildman–Crippen MR) is 59.4 cm³/mol. The molecule has 0 aliphatic heterocycles. The van der Waals surface area contributed by atoms with E-state index in [9.17, 15) is 0 Å². The van der Waals surface area contributed by atoms with Crippen LogP contribution < -0.4 is 5.73 Å². The lowest BCUT2D eigenvalue weighted by Gasteiger charge is -1.95. The molecule has 13 heavy (non-hydrogen) atoms. The summed E-state index contributed by atoms with van der Waals surface area (Å²) in [7, 11) is 0. The third-order valence-corrected chi connectivity index (χ3v) is 1.95. The Kier molecular flexibility index (Phi) is 9.25. The minimum Gasteiger partial charge on any atom is -0.327 e. The van der Waals surface area contributed by atoms with Gasteiger partial charge < -0.3 is 5.73 Å². The highest BCUT2D eigenvalue weighted by molar-refractivity contribution is 5.00. The van der Waals surface area contributed by atoms with E-state index in [-0.39, 0.29) is 6.04 Å². The van der Waals surface area contributed by atoms with Crippen molar-refractivity contribution in [2.24, 2.45) is 5.73 Å². The molecule has 1 heteroatoms. The lowest BCUT2D eigenvalue weighted by atomic mass is 10.1. The number of nitrogens with two attached hydrogens (primary N) is 1. The maximum atomic E-state index is 5.57. The molecule has 2 N–H and O–H groups in total. The van der Waals surface area contributed by atoms with Gasteiger partial charge in [-0.1, -0.05) is 32.6 Å². The van der Waals surface area contributed by atoms with Gasteiger partial charge in [0, 0.05) is 18.9 Å². The van der Waals surface area contributed by atoms with Crippen LogP contribution in [0.5, 0.6) is 0 Å². The van der Waals surface area contributed by atoms with Crippen molar-refractivity contribution in [1.29, 1.82) is 0 Å². The molecule has 0 aromatic heterocycles. The van der Waals surface area contributed by atoms with Gasteiger partial charge in [0.25, 0.3) is 0 Å². The van der Waals surface area contributed by atoms with E-state index in [2.05, 4.69) is 18.8 Å². The molecular weight excluding hydrogens is 158 g/mol. The Hall–Kier alpha value is -0.480. The normalized spacial score (nSPS) is 11.9. The molecule has 0 aliphatic rings. The van der Waals surface area contributed by atoms with E-state index >= 15 is 0 Å². The van der Waals surface area contributed by atoms with Gasteiger partial charge in [0.15, 0.2) is 0 Å². The Labute approximate surface area is 83.1 Å². The van der Waals surface area contributed by atoms with E-state index in [1.54, 1.807) is 0 Å². The Morgan fingerprint density at radius 1 is 1.08 bits per heavy atom. The number of unbranched alkanes of at least 4 members (excludes halogenated alkanes) is 5. The SMILES string of the molecule is CCCCCCCC#CCC(C)N. The highest BCUT2D eigenvalue weighted by Crippen LogP contribution is 2.03. The Bertz CT molecular complexity index is 150. The average Bonchev–Trinajstić information content (AvgIpc) is 2.09. The molecule has 0 aliphatic carbocycles. The second kappa shape index (κ2) is 9.61. The van der Waals surface area contributed by atoms with Crippen molar-refractivity contribution in [1.82, 2.24) is 0 Å². The molecule has 0 fully saturated rings. The summed E-state index contributed by atoms with van der Waals surface area (Å²) in [6, 6.07) is 0.229. The standard InChI is InChI=1S/C12H23N/c1-3-4-5-6-7-8-9-10-11-12(2)13/h12H,3-8,11,13H2,1-2H3. The molecule has 0 bridgehead atoms. The molecule has 0 amide bonds. The summed E-state index contributed by atoms with van der Waals surface area (Å²) in [6.45, 7) is 4.23. The van der Waals surface area contributed by atoms with Gasteiger partial charge in [0.1, 0.15) is 0 Å². The Balaban J connectivity index is 3.09. The fourth-order valence-electron chi connectivity index (χ4n) is 1.14. The summed E-state index contributed by atoms with van der Waals surface area (Å²) in [5.74, 6) is 6.26. The third-order valence-electron chi connectivity index (χ3n) is 1.95. The summed E-state index contributed by atoms with van der Waals surface area (Å²) >= 11 is 0. The van der Waals surface area contributed by atoms with Crippen molar-refractivity contribution >= 4 is 0 Å². The van der Waals surface area contributed by atoms with Gasteiger partial charge in [0.2, 0.25) is 0 Å². The third kappa shape index (κ3) is 11.5. The molecule has 0 aromatic carbocycles. The smallest absolute Gasteiger partial charge is 0.0238 e. The van der Waals surface area contributed by atoms with Crippen LogP contribution in [0.25, 0.3) is 0 Å². The largest absolute Gasteiger partial charge is 0.327 e. The topological polar surface area (TPSA) is 26.0 Å². The number of rotatable bonds is 6. The zero-order valence-electron chi connectivity index (χ0n) is 9.10. The Morgan fingerprint density at radius 3 is 2.38 bits per heavy atom. The molecule has 76 valence electrons. The second-order valence-electron chi connectivity index (χ2n) is 3.70. The zero-order chi connectivity index (χ0) is 9.94. The highest BCUT2D eigenvalue weighted by Gasteiger charge is 1.87. The summed E-state index contributed by atoms with van der Waals surface area (Å²) in [5, 5.41) is 0. The lowest BCUT2D eigenvalue weighted by Crippen LogP contribution is -2.12. The van der Waals surface area contributed by atoms with Crippen LogP contribution in [0.1, 0.15) is 58.8 Å². The average molecular weight is 181 g/mol. The minimum atomic E-state index is 0.229. The lowest BCUT2D eigenvalue weighted by molar-refractivity contribution is 0.641. The van der Waals surface area contributed by atoms with Crippen LogP contribution in [0.2, 0.25) is 0 Å². The summed E-state index contributed by atoms with van der Waals surface area (Å²) in [5.41, 5.74) is 5.57. The van der Waals surface area contributed by atoms with Crippen molar-refractivity contribution in [3.8, 4) is 11.8 Å². The van der Waals surface area contributed by atoms with E-state index in [0.29, 0.717) is 0 Å². The van der Waals surface area contributed by atoms with E-state index in [4.69, 9.17) is 5.73 Å². The highest BCUT2D eigenvalue weighted by atomic mass is 14.6. The first kappa shape index (κ1) is 12.5. The van der Waals surface area contributed by atoms with Crippen LogP contribution in [0, 0.1) is 11.8 Å². The molecule has 0 aromatic rings. The molecule has 0 saturated heterocycles. The van der Waals surface area contributed by atoms with E-state index in [1.165, 1.54) is 32.1 Å². The van der Waals surface area contributed by atoms with Crippen LogP contribution in [-0.4, -0.2) is 6.04 Å². The number of hydrogen-bond acceptors (Lipinski definition) is 1. The van der Waals surface area contributed by atoms with Crippen molar-refractivity contribution < 1.29 is 0 Å². The first-order valence-corrected chi connectivity index (χ1v) is 5.48. The first-order chi connectivity index (χ1) is 6.27. The fourth-order valence-corrected chi connectivity index (χ4v) is 1.14. The molecule has 0 saturated carbocycles. The van der Waals surface area contributed by atoms with Crippen LogP contribution in [0.3, 0.4) is 0 Å². The molecule has 0 spiro atoms. The predicted octanol–water partition coefficient (Wildman–Crippen LogP) is 3.09. The van der Waals surface area contributed by atoms with Gasteiger partial charge >= 0.3 is 0 Å². The fraction of sp³-hybridized carbons (Fsp3) is 0.833. The second-order valence-corrected chi connectivity index (χ2v) is 3.70. The number of hydrogen-bond donors (Lipinski definition) is 1. The van der Waals surface area contributed by atoms with Crippen LogP contribution >= 0.6 is 0 Å². The van der Waals surface area contributed by atoms with Gasteiger partial charge in [-0.15, -0.1) is 11.8 Å². The molecule has 1 unspecified atom stereocenters. The van der Waals surface area contributed by atoms with Crippen molar-refractivity contribution in [2.45, 2.75) is 64.8 Å². The summed E-state index contributed by atoms with van der Waals surface area (Å²) < 4.78 is 0. The van der Waals surface area contributed by atoms with Crippen molar-refractivity contribution in [3.05, 3.63) is 0 Å². The van der Waals surface area contributed by atoms with Crippen molar-refractivity contribution in [2.75, 3.05) is 0 Å². The molecule has 1 nitrogen and oxygen atoms in total. The van der Waals surface area contributed by atoms with Gasteiger partial charge in [0.05, 0.1) is 0 Å². The summed E-state index contributed by atoms with van der Waals surface area (Å²) in [4.78, 5) is 0. The van der Waals surface area contributed by atoms with Gasteiger partial charge in [-0.2, -0.15) is 0 Å². The maximum Gasteiger partial charge on any atom is 0.0238 e. The molecule has 1 atom stereocenters. The van der Waals surface area contributed by atoms with Crippen LogP contribution in [0.15, 0.2) is 0 Å². The molecule has 0 heterocycles. The van der Waals surface area contributed by atoms with Gasteiger partial charge in [-0.25, -0.2) is 0 Å². The monoisotopic (exact) mass is 181 g/mol. The van der Waals surface area contributed by atoms with Gasteiger partial charge in [-0.05, 0) is 13.3 Å². The molecule has 0 rings (SSSR count). The summed E-state index contributed by atoms with van der Waals surface area (Å²) in [6.07, 6.45) is 8.53. The zero-order valence-corrected chi connectivity index (χ0v) is 9.10. The van der Waals surface area contributed by atoms with E-state index in [1.807, 2.05) is 6.92 Å². The first-order valence-electron chi connectivity index (χ1n) is 5.48. The van der Waals surface area contributed by atoms with E-state index < -0.39 is 0 Å². The van der Waals surface area contributed by atoms with Crippen molar-refractivity contribution in [3.63, 3.8) is 0 Å². The van der Waals surface area contributed by atoms with Crippen LogP contribution in [0.4, 0.5) is 0 Å². The van der Waals surface area contributed by atoms with E-state index in [0.717, 1.165) is 12.8 Å².